The van der Waals surface area contributed by atoms with Gasteiger partial charge in [-0.3, -0.25) is 9.48 Å². The molecule has 1 aromatic carbocycles. The number of halogens is 3. The minimum atomic E-state index is -4.27. The molecular formula is C17H16F3N7O. The van der Waals surface area contributed by atoms with Crippen LogP contribution < -0.4 is 5.32 Å². The van der Waals surface area contributed by atoms with E-state index in [1.165, 1.54) is 12.4 Å². The average molecular weight is 391 g/mol. The van der Waals surface area contributed by atoms with Crippen LogP contribution in [0.25, 0.3) is 11.4 Å². The zero-order chi connectivity index (χ0) is 19.7. The number of nitrogens with zero attached hydrogens (tertiary/aromatic N) is 6. The van der Waals surface area contributed by atoms with Gasteiger partial charge in [-0.25, -0.2) is 4.68 Å². The van der Waals surface area contributed by atoms with E-state index in [1.807, 2.05) is 6.07 Å². The van der Waals surface area contributed by atoms with Crippen LogP contribution >= 0.6 is 0 Å². The quantitative estimate of drug-likeness (QED) is 0.697. The highest BCUT2D eigenvalue weighted by molar-refractivity contribution is 6.04. The molecule has 1 aliphatic carbocycles. The van der Waals surface area contributed by atoms with E-state index in [1.54, 1.807) is 22.9 Å². The van der Waals surface area contributed by atoms with Gasteiger partial charge in [0.05, 0.1) is 24.2 Å². The molecule has 1 N–H and O–H groups in total. The Morgan fingerprint density at radius 2 is 2.11 bits per heavy atom. The van der Waals surface area contributed by atoms with E-state index in [-0.39, 0.29) is 12.1 Å². The average Bonchev–Trinajstić information content (AvgIpc) is 3.19. The summed E-state index contributed by atoms with van der Waals surface area (Å²) in [6.45, 7) is -0.337. The number of hydrogen-bond acceptors (Lipinski definition) is 5. The van der Waals surface area contributed by atoms with Gasteiger partial charge in [-0.2, -0.15) is 18.3 Å². The van der Waals surface area contributed by atoms with E-state index >= 15 is 0 Å². The number of hydrogen-bond donors (Lipinski definition) is 1. The van der Waals surface area contributed by atoms with Crippen molar-refractivity contribution in [2.24, 2.45) is 0 Å². The van der Waals surface area contributed by atoms with Crippen molar-refractivity contribution in [3.63, 3.8) is 0 Å². The SMILES string of the molecule is O=C(Nc1cccc(-c2nnnn2C2CC2)c1)c1cnn(CCC(F)(F)F)c1. The summed E-state index contributed by atoms with van der Waals surface area (Å²) in [5.41, 5.74) is 1.46. The van der Waals surface area contributed by atoms with Crippen LogP contribution in [0.2, 0.25) is 0 Å². The summed E-state index contributed by atoms with van der Waals surface area (Å²) in [7, 11) is 0. The summed E-state index contributed by atoms with van der Waals surface area (Å²) in [5, 5.41) is 18.3. The van der Waals surface area contributed by atoms with Gasteiger partial charge in [-0.05, 0) is 35.4 Å². The van der Waals surface area contributed by atoms with Crippen LogP contribution in [0.3, 0.4) is 0 Å². The lowest BCUT2D eigenvalue weighted by molar-refractivity contribution is -0.137. The molecule has 0 radical (unpaired) electrons. The molecule has 4 rings (SSSR count). The van der Waals surface area contributed by atoms with Gasteiger partial charge in [-0.15, -0.1) is 5.10 Å². The van der Waals surface area contributed by atoms with Crippen LogP contribution in [0.15, 0.2) is 36.7 Å². The number of aryl methyl sites for hydroxylation is 1. The normalized spacial score (nSPS) is 14.2. The lowest BCUT2D eigenvalue weighted by Gasteiger charge is -2.07. The van der Waals surface area contributed by atoms with Crippen molar-refractivity contribution < 1.29 is 18.0 Å². The number of carbonyl (C=O) groups is 1. The minimum Gasteiger partial charge on any atom is -0.322 e. The summed E-state index contributed by atoms with van der Waals surface area (Å²) in [6, 6.07) is 7.38. The third-order valence-electron chi connectivity index (χ3n) is 4.28. The molecule has 0 unspecified atom stereocenters. The van der Waals surface area contributed by atoms with Crippen LogP contribution in [0.4, 0.5) is 18.9 Å². The highest BCUT2D eigenvalue weighted by Crippen LogP contribution is 2.36. The van der Waals surface area contributed by atoms with Crippen LogP contribution in [0.1, 0.15) is 35.7 Å². The standard InChI is InChI=1S/C17H16F3N7O/c18-17(19,20)6-7-26-10-12(9-21-26)16(28)22-13-3-1-2-11(8-13)15-23-24-25-27(15)14-4-5-14/h1-3,8-10,14H,4-7H2,(H,22,28). The Morgan fingerprint density at radius 1 is 1.29 bits per heavy atom. The first-order valence-electron chi connectivity index (χ1n) is 8.68. The van der Waals surface area contributed by atoms with E-state index in [0.717, 1.165) is 23.1 Å². The Bertz CT molecular complexity index is 991. The molecule has 2 aromatic heterocycles. The van der Waals surface area contributed by atoms with E-state index in [0.29, 0.717) is 17.6 Å². The molecule has 0 spiro atoms. The molecule has 3 aromatic rings. The smallest absolute Gasteiger partial charge is 0.322 e. The summed E-state index contributed by atoms with van der Waals surface area (Å²) in [4.78, 5) is 12.4. The second-order valence-corrected chi connectivity index (χ2v) is 6.57. The van der Waals surface area contributed by atoms with Crippen molar-refractivity contribution in [3.8, 4) is 11.4 Å². The Kier molecular flexibility index (Phi) is 4.57. The maximum Gasteiger partial charge on any atom is 0.390 e. The van der Waals surface area contributed by atoms with E-state index in [4.69, 9.17) is 0 Å². The van der Waals surface area contributed by atoms with Gasteiger partial charge in [-0.1, -0.05) is 12.1 Å². The van der Waals surface area contributed by atoms with E-state index in [9.17, 15) is 18.0 Å². The number of nitrogens with one attached hydrogen (secondary N) is 1. The molecule has 1 aliphatic rings. The number of anilines is 1. The maximum absolute atomic E-state index is 12.4. The van der Waals surface area contributed by atoms with E-state index in [2.05, 4.69) is 25.9 Å². The molecule has 0 atom stereocenters. The minimum absolute atomic E-state index is 0.176. The molecule has 11 heteroatoms. The molecule has 2 heterocycles. The number of rotatable bonds is 6. The first-order chi connectivity index (χ1) is 13.4. The predicted molar refractivity (Wildman–Crippen MR) is 92.4 cm³/mol. The third-order valence-corrected chi connectivity index (χ3v) is 4.28. The molecule has 0 bridgehead atoms. The zero-order valence-corrected chi connectivity index (χ0v) is 14.6. The van der Waals surface area contributed by atoms with Gasteiger partial charge in [0.25, 0.3) is 5.91 Å². The van der Waals surface area contributed by atoms with Crippen molar-refractivity contribution in [1.82, 2.24) is 30.0 Å². The fraction of sp³-hybridized carbons (Fsp3) is 0.353. The molecular weight excluding hydrogens is 375 g/mol. The van der Waals surface area contributed by atoms with Crippen molar-refractivity contribution >= 4 is 11.6 Å². The highest BCUT2D eigenvalue weighted by atomic mass is 19.4. The summed E-state index contributed by atoms with van der Waals surface area (Å²) in [6.07, 6.45) is -0.681. The van der Waals surface area contributed by atoms with Crippen LogP contribution in [-0.2, 0) is 6.54 Å². The lowest BCUT2D eigenvalue weighted by Crippen LogP contribution is -2.13. The predicted octanol–water partition coefficient (Wildman–Crippen LogP) is 3.08. The first-order valence-corrected chi connectivity index (χ1v) is 8.68. The number of amides is 1. The van der Waals surface area contributed by atoms with Crippen molar-refractivity contribution in [1.29, 1.82) is 0 Å². The van der Waals surface area contributed by atoms with Gasteiger partial charge in [0.2, 0.25) is 0 Å². The number of carbonyl (C=O) groups excluding carboxylic acids is 1. The summed E-state index contributed by atoms with van der Waals surface area (Å²) < 4.78 is 39.8. The molecule has 1 saturated carbocycles. The van der Waals surface area contributed by atoms with Crippen molar-refractivity contribution in [3.05, 3.63) is 42.2 Å². The fourth-order valence-corrected chi connectivity index (χ4v) is 2.73. The van der Waals surface area contributed by atoms with Crippen molar-refractivity contribution in [2.75, 3.05) is 5.32 Å². The largest absolute Gasteiger partial charge is 0.390 e. The molecule has 146 valence electrons. The number of tetrazole rings is 1. The van der Waals surface area contributed by atoms with Gasteiger partial charge >= 0.3 is 6.18 Å². The number of aromatic nitrogens is 6. The van der Waals surface area contributed by atoms with Gasteiger partial charge in [0.15, 0.2) is 5.82 Å². The molecule has 1 amide bonds. The second-order valence-electron chi connectivity index (χ2n) is 6.57. The summed E-state index contributed by atoms with van der Waals surface area (Å²) >= 11 is 0. The van der Waals surface area contributed by atoms with Gasteiger partial charge in [0.1, 0.15) is 0 Å². The molecule has 28 heavy (non-hydrogen) atoms. The third kappa shape index (κ3) is 4.18. The molecule has 8 nitrogen and oxygen atoms in total. The van der Waals surface area contributed by atoms with Gasteiger partial charge in [0, 0.05) is 24.0 Å². The molecule has 0 aliphatic heterocycles. The molecule has 0 saturated heterocycles. The van der Waals surface area contributed by atoms with Crippen molar-refractivity contribution in [2.45, 2.75) is 38.0 Å². The Hall–Kier alpha value is -3.24. The topological polar surface area (TPSA) is 90.5 Å². The number of alkyl halides is 3. The molecule has 1 fully saturated rings. The van der Waals surface area contributed by atoms with Crippen LogP contribution in [0.5, 0.6) is 0 Å². The second kappa shape index (κ2) is 7.06. The van der Waals surface area contributed by atoms with Crippen LogP contribution in [-0.4, -0.2) is 42.1 Å². The Morgan fingerprint density at radius 3 is 2.86 bits per heavy atom. The maximum atomic E-state index is 12.4. The summed E-state index contributed by atoms with van der Waals surface area (Å²) in [5.74, 6) is 0.163. The van der Waals surface area contributed by atoms with Gasteiger partial charge < -0.3 is 5.32 Å². The zero-order valence-electron chi connectivity index (χ0n) is 14.6. The van der Waals surface area contributed by atoms with E-state index < -0.39 is 18.5 Å². The first kappa shape index (κ1) is 18.1. The Labute approximate surface area is 157 Å². The highest BCUT2D eigenvalue weighted by Gasteiger charge is 2.28. The van der Waals surface area contributed by atoms with Crippen LogP contribution in [0, 0.1) is 0 Å². The fourth-order valence-electron chi connectivity index (χ4n) is 2.73. The monoisotopic (exact) mass is 391 g/mol. The lowest BCUT2D eigenvalue weighted by atomic mass is 10.2. The Balaban J connectivity index is 1.45. The number of benzene rings is 1.